The second-order valence-corrected chi connectivity index (χ2v) is 6.15. The van der Waals surface area contributed by atoms with Gasteiger partial charge in [0.05, 0.1) is 6.61 Å². The Bertz CT molecular complexity index is 841. The van der Waals surface area contributed by atoms with Crippen LogP contribution in [0.2, 0.25) is 0 Å². The SMILES string of the molecule is Cc1cc(C)c2[nH]c(-c3nc(C4CCOC4)no3)c(C)c2c1. The summed E-state index contributed by atoms with van der Waals surface area (Å²) in [4.78, 5) is 8.03. The number of aryl methyl sites for hydroxylation is 3. The van der Waals surface area contributed by atoms with Crippen molar-refractivity contribution < 1.29 is 9.26 Å². The molecular formula is C17H19N3O2. The van der Waals surface area contributed by atoms with E-state index < -0.39 is 0 Å². The molecule has 1 unspecified atom stereocenters. The van der Waals surface area contributed by atoms with E-state index in [2.05, 4.69) is 48.0 Å². The van der Waals surface area contributed by atoms with Crippen LogP contribution in [0.5, 0.6) is 0 Å². The van der Waals surface area contributed by atoms with Crippen molar-refractivity contribution in [2.24, 2.45) is 0 Å². The first-order valence-corrected chi connectivity index (χ1v) is 7.64. The average Bonchev–Trinajstić information content (AvgIpc) is 3.19. The number of nitrogens with one attached hydrogen (secondary N) is 1. The third kappa shape index (κ3) is 2.04. The number of ether oxygens (including phenoxy) is 1. The van der Waals surface area contributed by atoms with Crippen LogP contribution >= 0.6 is 0 Å². The summed E-state index contributed by atoms with van der Waals surface area (Å²) in [6.45, 7) is 7.78. The molecule has 114 valence electrons. The van der Waals surface area contributed by atoms with E-state index >= 15 is 0 Å². The molecule has 0 spiro atoms. The summed E-state index contributed by atoms with van der Waals surface area (Å²) in [5.74, 6) is 1.57. The van der Waals surface area contributed by atoms with Crippen LogP contribution in [0.1, 0.15) is 34.9 Å². The van der Waals surface area contributed by atoms with Gasteiger partial charge >= 0.3 is 0 Å². The lowest BCUT2D eigenvalue weighted by atomic mass is 10.1. The molecule has 1 aliphatic heterocycles. The molecule has 5 nitrogen and oxygen atoms in total. The monoisotopic (exact) mass is 297 g/mol. The van der Waals surface area contributed by atoms with Gasteiger partial charge in [-0.2, -0.15) is 4.98 Å². The Hall–Kier alpha value is -2.14. The fraction of sp³-hybridized carbons (Fsp3) is 0.412. The summed E-state index contributed by atoms with van der Waals surface area (Å²) >= 11 is 0. The van der Waals surface area contributed by atoms with Gasteiger partial charge in [0.15, 0.2) is 5.82 Å². The number of rotatable bonds is 2. The van der Waals surface area contributed by atoms with Gasteiger partial charge in [0.1, 0.15) is 5.69 Å². The lowest BCUT2D eigenvalue weighted by Crippen LogP contribution is -1.99. The third-order valence-corrected chi connectivity index (χ3v) is 4.46. The lowest BCUT2D eigenvalue weighted by molar-refractivity contribution is 0.192. The molecule has 4 rings (SSSR count). The van der Waals surface area contributed by atoms with E-state index in [1.165, 1.54) is 16.5 Å². The van der Waals surface area contributed by atoms with Crippen LogP contribution < -0.4 is 0 Å². The zero-order valence-electron chi connectivity index (χ0n) is 13.1. The van der Waals surface area contributed by atoms with Crippen LogP contribution in [0.25, 0.3) is 22.5 Å². The number of aromatic nitrogens is 3. The Balaban J connectivity index is 1.81. The summed E-state index contributed by atoms with van der Waals surface area (Å²) < 4.78 is 10.9. The van der Waals surface area contributed by atoms with Gasteiger partial charge in [-0.25, -0.2) is 0 Å². The van der Waals surface area contributed by atoms with Crippen molar-refractivity contribution in [2.45, 2.75) is 33.1 Å². The molecule has 1 atom stereocenters. The molecule has 5 heteroatoms. The molecule has 3 aromatic rings. The molecule has 0 amide bonds. The topological polar surface area (TPSA) is 63.9 Å². The molecule has 1 aromatic carbocycles. The standard InChI is InChI=1S/C17H19N3O2/c1-9-6-10(2)14-13(7-9)11(3)15(18-14)17-19-16(20-22-17)12-4-5-21-8-12/h6-7,12,18H,4-5,8H2,1-3H3. The van der Waals surface area contributed by atoms with Crippen molar-refractivity contribution in [1.82, 2.24) is 15.1 Å². The molecule has 22 heavy (non-hydrogen) atoms. The second-order valence-electron chi connectivity index (χ2n) is 6.15. The molecule has 3 heterocycles. The molecule has 0 radical (unpaired) electrons. The Morgan fingerprint density at radius 3 is 2.86 bits per heavy atom. The van der Waals surface area contributed by atoms with E-state index in [0.29, 0.717) is 12.5 Å². The minimum absolute atomic E-state index is 0.256. The van der Waals surface area contributed by atoms with E-state index in [0.717, 1.165) is 35.6 Å². The maximum Gasteiger partial charge on any atom is 0.274 e. The number of fused-ring (bicyclic) bond motifs is 1. The predicted molar refractivity (Wildman–Crippen MR) is 84.0 cm³/mol. The van der Waals surface area contributed by atoms with E-state index in [4.69, 9.17) is 9.26 Å². The van der Waals surface area contributed by atoms with Crippen molar-refractivity contribution in [1.29, 1.82) is 0 Å². The number of hydrogen-bond acceptors (Lipinski definition) is 4. The van der Waals surface area contributed by atoms with Crippen LogP contribution in [0.15, 0.2) is 16.7 Å². The molecule has 1 saturated heterocycles. The fourth-order valence-corrected chi connectivity index (χ4v) is 3.24. The van der Waals surface area contributed by atoms with Gasteiger partial charge in [-0.1, -0.05) is 16.8 Å². The van der Waals surface area contributed by atoms with E-state index in [1.54, 1.807) is 0 Å². The van der Waals surface area contributed by atoms with Crippen molar-refractivity contribution in [3.63, 3.8) is 0 Å². The van der Waals surface area contributed by atoms with E-state index in [-0.39, 0.29) is 5.92 Å². The highest BCUT2D eigenvalue weighted by atomic mass is 16.5. The molecule has 1 aliphatic rings. The number of aromatic amines is 1. The van der Waals surface area contributed by atoms with Crippen LogP contribution in [0.3, 0.4) is 0 Å². The minimum atomic E-state index is 0.256. The lowest BCUT2D eigenvalue weighted by Gasteiger charge is -1.99. The minimum Gasteiger partial charge on any atom is -0.381 e. The van der Waals surface area contributed by atoms with Crippen LogP contribution in [0, 0.1) is 20.8 Å². The van der Waals surface area contributed by atoms with Crippen LogP contribution in [-0.4, -0.2) is 28.3 Å². The summed E-state index contributed by atoms with van der Waals surface area (Å²) in [6, 6.07) is 4.37. The normalized spacial score (nSPS) is 18.4. The fourth-order valence-electron chi connectivity index (χ4n) is 3.24. The van der Waals surface area contributed by atoms with Gasteiger partial charge in [0.2, 0.25) is 0 Å². The first-order chi connectivity index (χ1) is 10.6. The Kier molecular flexibility index (Phi) is 3.04. The predicted octanol–water partition coefficient (Wildman–Crippen LogP) is 3.65. The van der Waals surface area contributed by atoms with Gasteiger partial charge in [-0.05, 0) is 44.4 Å². The average molecular weight is 297 g/mol. The zero-order valence-corrected chi connectivity index (χ0v) is 13.1. The van der Waals surface area contributed by atoms with Crippen LogP contribution in [0.4, 0.5) is 0 Å². The highest BCUT2D eigenvalue weighted by molar-refractivity contribution is 5.91. The number of nitrogens with zero attached hydrogens (tertiary/aromatic N) is 2. The smallest absolute Gasteiger partial charge is 0.274 e. The summed E-state index contributed by atoms with van der Waals surface area (Å²) in [5.41, 5.74) is 5.70. The summed E-state index contributed by atoms with van der Waals surface area (Å²) in [5, 5.41) is 5.36. The quantitative estimate of drug-likeness (QED) is 0.784. The molecule has 1 N–H and O–H groups in total. The van der Waals surface area contributed by atoms with Gasteiger partial charge < -0.3 is 14.2 Å². The number of H-pyrrole nitrogens is 1. The zero-order chi connectivity index (χ0) is 15.3. The molecule has 0 bridgehead atoms. The first kappa shape index (κ1) is 13.5. The Morgan fingerprint density at radius 2 is 2.09 bits per heavy atom. The number of hydrogen-bond donors (Lipinski definition) is 1. The van der Waals surface area contributed by atoms with Crippen LogP contribution in [-0.2, 0) is 4.74 Å². The maximum absolute atomic E-state index is 5.50. The summed E-state index contributed by atoms with van der Waals surface area (Å²) in [7, 11) is 0. The maximum atomic E-state index is 5.50. The highest BCUT2D eigenvalue weighted by Crippen LogP contribution is 2.32. The Labute approximate surface area is 128 Å². The molecule has 0 saturated carbocycles. The second kappa shape index (κ2) is 4.95. The molecule has 2 aromatic heterocycles. The third-order valence-electron chi connectivity index (χ3n) is 4.46. The van der Waals surface area contributed by atoms with Crippen molar-refractivity contribution in [3.8, 4) is 11.6 Å². The van der Waals surface area contributed by atoms with Gasteiger partial charge in [-0.3, -0.25) is 0 Å². The highest BCUT2D eigenvalue weighted by Gasteiger charge is 2.24. The summed E-state index contributed by atoms with van der Waals surface area (Å²) in [6.07, 6.45) is 0.961. The van der Waals surface area contributed by atoms with Crippen molar-refractivity contribution in [3.05, 3.63) is 34.6 Å². The Morgan fingerprint density at radius 1 is 1.23 bits per heavy atom. The van der Waals surface area contributed by atoms with Crippen molar-refractivity contribution >= 4 is 10.9 Å². The first-order valence-electron chi connectivity index (χ1n) is 7.64. The van der Waals surface area contributed by atoms with Gasteiger partial charge in [-0.15, -0.1) is 0 Å². The van der Waals surface area contributed by atoms with Gasteiger partial charge in [0, 0.05) is 23.4 Å². The van der Waals surface area contributed by atoms with E-state index in [1.807, 2.05) is 0 Å². The largest absolute Gasteiger partial charge is 0.381 e. The molecule has 0 aliphatic carbocycles. The number of benzene rings is 1. The van der Waals surface area contributed by atoms with E-state index in [9.17, 15) is 0 Å². The molecular weight excluding hydrogens is 278 g/mol. The van der Waals surface area contributed by atoms with Gasteiger partial charge in [0.25, 0.3) is 5.89 Å². The van der Waals surface area contributed by atoms with Crippen molar-refractivity contribution in [2.75, 3.05) is 13.2 Å². The molecule has 1 fully saturated rings.